The summed E-state index contributed by atoms with van der Waals surface area (Å²) < 4.78 is 6.47. The molecule has 4 fully saturated rings. The molecule has 0 aromatic heterocycles. The van der Waals surface area contributed by atoms with Gasteiger partial charge in [0.2, 0.25) is 0 Å². The first-order valence-electron chi connectivity index (χ1n) is 9.97. The Balaban J connectivity index is 1.63. The van der Waals surface area contributed by atoms with Crippen molar-refractivity contribution in [3.8, 4) is 0 Å². The summed E-state index contributed by atoms with van der Waals surface area (Å²) in [6.45, 7) is 8.07. The van der Waals surface area contributed by atoms with Gasteiger partial charge in [-0.15, -0.1) is 0 Å². The van der Waals surface area contributed by atoms with Crippen molar-refractivity contribution in [2.24, 2.45) is 28.6 Å². The maximum absolute atomic E-state index is 12.3. The smallest absolute Gasteiger partial charge is 0.178 e. The van der Waals surface area contributed by atoms with Gasteiger partial charge in [-0.2, -0.15) is 0 Å². The van der Waals surface area contributed by atoms with Crippen LogP contribution in [0.3, 0.4) is 0 Å². The lowest BCUT2D eigenvalue weighted by atomic mass is 9.45. The van der Waals surface area contributed by atoms with Gasteiger partial charge in [0.25, 0.3) is 0 Å². The van der Waals surface area contributed by atoms with Crippen molar-refractivity contribution in [2.45, 2.75) is 70.7 Å². The van der Waals surface area contributed by atoms with Crippen LogP contribution in [0.25, 0.3) is 0 Å². The molecule has 0 radical (unpaired) electrons. The molecule has 0 amide bonds. The second kappa shape index (κ2) is 4.59. The number of ketones is 2. The summed E-state index contributed by atoms with van der Waals surface area (Å²) in [5.41, 5.74) is -0.971. The van der Waals surface area contributed by atoms with E-state index in [1.54, 1.807) is 6.08 Å². The second-order valence-corrected chi connectivity index (χ2v) is 9.86. The van der Waals surface area contributed by atoms with Crippen LogP contribution < -0.4 is 0 Å². The molecular formula is C22H28O4. The van der Waals surface area contributed by atoms with Gasteiger partial charge in [-0.05, 0) is 69.4 Å². The number of Topliss-reactive ketones (excluding diaryl/α,β-unsaturated/α-hetero) is 1. The Morgan fingerprint density at radius 2 is 2.04 bits per heavy atom. The second-order valence-electron chi connectivity index (χ2n) is 9.86. The molecule has 4 nitrogen and oxygen atoms in total. The summed E-state index contributed by atoms with van der Waals surface area (Å²) in [7, 11) is 0. The predicted molar refractivity (Wildman–Crippen MR) is 96.3 cm³/mol. The van der Waals surface area contributed by atoms with Crippen LogP contribution in [-0.4, -0.2) is 34.0 Å². The lowest BCUT2D eigenvalue weighted by molar-refractivity contribution is -0.155. The molecule has 3 saturated carbocycles. The number of aliphatic hydroxyl groups is 1. The van der Waals surface area contributed by atoms with Gasteiger partial charge in [-0.25, -0.2) is 0 Å². The van der Waals surface area contributed by atoms with E-state index < -0.39 is 11.0 Å². The topological polar surface area (TPSA) is 66.9 Å². The number of epoxide rings is 1. The fourth-order valence-electron chi connectivity index (χ4n) is 7.62. The van der Waals surface area contributed by atoms with E-state index in [9.17, 15) is 14.7 Å². The number of rotatable bonds is 1. The molecule has 1 N–H and O–H groups in total. The van der Waals surface area contributed by atoms with Gasteiger partial charge < -0.3 is 9.84 Å². The van der Waals surface area contributed by atoms with Gasteiger partial charge in [0.05, 0.1) is 6.10 Å². The third-order valence-corrected chi connectivity index (χ3v) is 9.00. The van der Waals surface area contributed by atoms with E-state index in [0.717, 1.165) is 19.3 Å². The van der Waals surface area contributed by atoms with Gasteiger partial charge in [0, 0.05) is 10.8 Å². The molecule has 26 heavy (non-hydrogen) atoms. The summed E-state index contributed by atoms with van der Waals surface area (Å²) in [6, 6.07) is 0. The highest BCUT2D eigenvalue weighted by Crippen LogP contribution is 2.76. The van der Waals surface area contributed by atoms with Crippen LogP contribution in [0.1, 0.15) is 53.4 Å². The maximum atomic E-state index is 12.3. The Kier molecular flexibility index (Phi) is 2.98. The van der Waals surface area contributed by atoms with Crippen LogP contribution in [-0.2, 0) is 14.3 Å². The van der Waals surface area contributed by atoms with Crippen molar-refractivity contribution < 1.29 is 19.4 Å². The molecule has 8 atom stereocenters. The minimum Gasteiger partial charge on any atom is -0.382 e. The van der Waals surface area contributed by atoms with E-state index >= 15 is 0 Å². The zero-order chi connectivity index (χ0) is 18.7. The molecule has 4 aliphatic carbocycles. The van der Waals surface area contributed by atoms with Crippen LogP contribution >= 0.6 is 0 Å². The Hall–Kier alpha value is -1.26. The summed E-state index contributed by atoms with van der Waals surface area (Å²) in [5, 5.41) is 11.3. The number of carbonyl (C=O) groups excluding carboxylic acids is 2. The number of allylic oxidation sites excluding steroid dienone is 2. The Morgan fingerprint density at radius 1 is 1.31 bits per heavy atom. The lowest BCUT2D eigenvalue weighted by Crippen LogP contribution is -2.61. The van der Waals surface area contributed by atoms with Crippen LogP contribution in [0.15, 0.2) is 23.8 Å². The summed E-state index contributed by atoms with van der Waals surface area (Å²) in [6.07, 6.45) is 8.77. The number of carbonyl (C=O) groups is 2. The van der Waals surface area contributed by atoms with Crippen LogP contribution in [0.4, 0.5) is 0 Å². The largest absolute Gasteiger partial charge is 0.382 e. The van der Waals surface area contributed by atoms with E-state index in [4.69, 9.17) is 4.74 Å². The van der Waals surface area contributed by atoms with Crippen LogP contribution in [0, 0.1) is 28.6 Å². The Labute approximate surface area is 154 Å². The molecule has 1 saturated heterocycles. The molecule has 4 heteroatoms. The van der Waals surface area contributed by atoms with Crippen molar-refractivity contribution in [1.29, 1.82) is 0 Å². The van der Waals surface area contributed by atoms with Gasteiger partial charge >= 0.3 is 0 Å². The number of hydrogen-bond donors (Lipinski definition) is 1. The fraction of sp³-hybridized carbons (Fsp3) is 0.727. The highest BCUT2D eigenvalue weighted by molar-refractivity contribution is 6.01. The molecule has 5 rings (SSSR count). The van der Waals surface area contributed by atoms with Gasteiger partial charge in [0.15, 0.2) is 11.6 Å². The molecular weight excluding hydrogens is 328 g/mol. The summed E-state index contributed by atoms with van der Waals surface area (Å²) >= 11 is 0. The molecule has 1 heterocycles. The first-order valence-corrected chi connectivity index (χ1v) is 9.97. The zero-order valence-electron chi connectivity index (χ0n) is 16.0. The minimum atomic E-state index is -1.23. The van der Waals surface area contributed by atoms with Crippen molar-refractivity contribution in [3.05, 3.63) is 23.8 Å². The number of ether oxygens (including phenoxy) is 1. The summed E-state index contributed by atoms with van der Waals surface area (Å²) in [5.74, 6) is 0.873. The third kappa shape index (κ3) is 1.57. The van der Waals surface area contributed by atoms with Crippen molar-refractivity contribution in [3.63, 3.8) is 0 Å². The third-order valence-electron chi connectivity index (χ3n) is 9.00. The van der Waals surface area contributed by atoms with E-state index in [2.05, 4.69) is 26.8 Å². The molecule has 0 unspecified atom stereocenters. The highest BCUT2D eigenvalue weighted by atomic mass is 16.6. The first-order chi connectivity index (χ1) is 12.1. The van der Waals surface area contributed by atoms with E-state index in [1.165, 1.54) is 12.5 Å². The van der Waals surface area contributed by atoms with E-state index in [1.807, 2.05) is 6.08 Å². The lowest BCUT2D eigenvalue weighted by Gasteiger charge is -2.57. The van der Waals surface area contributed by atoms with Crippen LogP contribution in [0.5, 0.6) is 0 Å². The van der Waals surface area contributed by atoms with Gasteiger partial charge in [-0.1, -0.05) is 25.5 Å². The van der Waals surface area contributed by atoms with Gasteiger partial charge in [0.1, 0.15) is 11.2 Å². The Morgan fingerprint density at radius 3 is 2.73 bits per heavy atom. The SMILES string of the molecule is CC(=O)[C@@]1(O)CC[C@H]2[C@@H]3C[C@H](C)C4=CC(=O)C=C[C@]4(C)[C@@]34O[C@H]4C[C@@]21C. The standard InChI is InChI=1S/C22H28O4/c1-12-9-17-15-6-8-21(25,13(2)23)20(15,4)11-18-22(17,26-18)19(3)7-5-14(24)10-16(12)19/h5,7,10,12,15,17-18,25H,6,8-9,11H2,1-4H3/t12-,15-,17-,18-,19-,20-,21-,22+/m0/s1. The van der Waals surface area contributed by atoms with Crippen molar-refractivity contribution in [2.75, 3.05) is 0 Å². The summed E-state index contributed by atoms with van der Waals surface area (Å²) in [4.78, 5) is 24.4. The normalized spacial score (nSPS) is 56.8. The minimum absolute atomic E-state index is 0.0523. The van der Waals surface area contributed by atoms with E-state index in [0.29, 0.717) is 18.3 Å². The average molecular weight is 356 g/mol. The monoisotopic (exact) mass is 356 g/mol. The van der Waals surface area contributed by atoms with E-state index in [-0.39, 0.29) is 34.6 Å². The number of hydrogen-bond acceptors (Lipinski definition) is 4. The number of fused-ring (bicyclic) bond motifs is 3. The maximum Gasteiger partial charge on any atom is 0.178 e. The quantitative estimate of drug-likeness (QED) is 0.734. The Bertz CT molecular complexity index is 796. The fourth-order valence-corrected chi connectivity index (χ4v) is 7.62. The van der Waals surface area contributed by atoms with Crippen LogP contribution in [0.2, 0.25) is 0 Å². The molecule has 0 aromatic rings. The van der Waals surface area contributed by atoms with Crippen molar-refractivity contribution in [1.82, 2.24) is 0 Å². The molecule has 1 spiro atoms. The zero-order valence-corrected chi connectivity index (χ0v) is 16.0. The molecule has 0 aromatic carbocycles. The molecule has 1 aliphatic heterocycles. The molecule has 140 valence electrons. The van der Waals surface area contributed by atoms with Crippen molar-refractivity contribution >= 4 is 11.6 Å². The highest BCUT2D eigenvalue weighted by Gasteiger charge is 2.81. The van der Waals surface area contributed by atoms with Gasteiger partial charge in [-0.3, -0.25) is 9.59 Å². The molecule has 0 bridgehead atoms. The first kappa shape index (κ1) is 16.9. The molecule has 5 aliphatic rings. The predicted octanol–water partition coefficient (Wildman–Crippen LogP) is 2.99. The average Bonchev–Trinajstić information content (AvgIpc) is 3.23.